The molecule has 1 saturated heterocycles. The van der Waals surface area contributed by atoms with E-state index in [9.17, 15) is 22.8 Å². The number of aryl methyl sites for hydroxylation is 2. The number of carbonyl (C=O) groups is 1. The van der Waals surface area contributed by atoms with Crippen molar-refractivity contribution in [1.29, 1.82) is 0 Å². The first-order valence-corrected chi connectivity index (χ1v) is 11.0. The Bertz CT molecular complexity index is 1280. The SMILES string of the molecule is Cc1ccc(C)c(Oc2c(C(F)(F)F)oc3cc(OCC(=O)N4CCCCC4)ccc3c2=O)c1. The van der Waals surface area contributed by atoms with Crippen LogP contribution in [-0.2, 0) is 11.0 Å². The van der Waals surface area contributed by atoms with Crippen LogP contribution in [0, 0.1) is 13.8 Å². The molecule has 1 aromatic heterocycles. The minimum Gasteiger partial charge on any atom is -0.484 e. The number of hydrogen-bond acceptors (Lipinski definition) is 5. The fraction of sp³-hybridized carbons (Fsp3) is 0.360. The van der Waals surface area contributed by atoms with Gasteiger partial charge in [-0.05, 0) is 62.4 Å². The van der Waals surface area contributed by atoms with Crippen molar-refractivity contribution >= 4 is 16.9 Å². The molecule has 9 heteroatoms. The minimum absolute atomic E-state index is 0.0944. The summed E-state index contributed by atoms with van der Waals surface area (Å²) < 4.78 is 57.5. The van der Waals surface area contributed by atoms with Crippen molar-refractivity contribution in [2.75, 3.05) is 19.7 Å². The quantitative estimate of drug-likeness (QED) is 0.480. The molecule has 0 radical (unpaired) electrons. The topological polar surface area (TPSA) is 69.0 Å². The number of halogens is 3. The molecule has 0 saturated carbocycles. The average molecular weight is 475 g/mol. The summed E-state index contributed by atoms with van der Waals surface area (Å²) in [5.74, 6) is -2.41. The molecule has 2 heterocycles. The molecule has 0 N–H and O–H groups in total. The Morgan fingerprint density at radius 2 is 1.79 bits per heavy atom. The molecule has 34 heavy (non-hydrogen) atoms. The van der Waals surface area contributed by atoms with E-state index in [-0.39, 0.29) is 35.0 Å². The molecule has 0 atom stereocenters. The van der Waals surface area contributed by atoms with Crippen molar-refractivity contribution in [1.82, 2.24) is 4.90 Å². The van der Waals surface area contributed by atoms with Gasteiger partial charge < -0.3 is 18.8 Å². The summed E-state index contributed by atoms with van der Waals surface area (Å²) in [6.45, 7) is 4.49. The molecule has 1 aliphatic rings. The molecular weight excluding hydrogens is 451 g/mol. The van der Waals surface area contributed by atoms with Crippen LogP contribution < -0.4 is 14.9 Å². The van der Waals surface area contributed by atoms with E-state index in [0.29, 0.717) is 18.7 Å². The molecular formula is C25H24F3NO5. The highest BCUT2D eigenvalue weighted by molar-refractivity contribution is 5.81. The molecule has 180 valence electrons. The predicted molar refractivity (Wildman–Crippen MR) is 119 cm³/mol. The molecule has 3 aromatic rings. The van der Waals surface area contributed by atoms with Gasteiger partial charge in [-0.2, -0.15) is 13.2 Å². The maximum absolute atomic E-state index is 13.8. The first-order valence-electron chi connectivity index (χ1n) is 11.0. The van der Waals surface area contributed by atoms with E-state index in [1.807, 2.05) is 0 Å². The van der Waals surface area contributed by atoms with Crippen LogP contribution in [0.3, 0.4) is 0 Å². The first kappa shape index (κ1) is 23.7. The van der Waals surface area contributed by atoms with Gasteiger partial charge in [0, 0.05) is 19.2 Å². The lowest BCUT2D eigenvalue weighted by Crippen LogP contribution is -2.38. The summed E-state index contributed by atoms with van der Waals surface area (Å²) in [4.78, 5) is 27.0. The molecule has 1 aliphatic heterocycles. The Hall–Kier alpha value is -3.49. The van der Waals surface area contributed by atoms with Crippen LogP contribution in [0.25, 0.3) is 11.0 Å². The monoisotopic (exact) mass is 475 g/mol. The maximum Gasteiger partial charge on any atom is 0.453 e. The molecule has 0 unspecified atom stereocenters. The highest BCUT2D eigenvalue weighted by Crippen LogP contribution is 2.39. The lowest BCUT2D eigenvalue weighted by atomic mass is 10.1. The Kier molecular flexibility index (Phi) is 6.54. The predicted octanol–water partition coefficient (Wildman–Crippen LogP) is 5.61. The lowest BCUT2D eigenvalue weighted by molar-refractivity contribution is -0.154. The fourth-order valence-electron chi connectivity index (χ4n) is 3.83. The zero-order valence-corrected chi connectivity index (χ0v) is 18.8. The summed E-state index contributed by atoms with van der Waals surface area (Å²) in [5, 5.41) is -0.0944. The van der Waals surface area contributed by atoms with E-state index in [4.69, 9.17) is 13.9 Å². The number of benzene rings is 2. The van der Waals surface area contributed by atoms with E-state index < -0.39 is 23.1 Å². The van der Waals surface area contributed by atoms with Crippen LogP contribution in [0.1, 0.15) is 36.1 Å². The average Bonchev–Trinajstić information content (AvgIpc) is 2.81. The van der Waals surface area contributed by atoms with Gasteiger partial charge in [-0.3, -0.25) is 9.59 Å². The van der Waals surface area contributed by atoms with Crippen LogP contribution in [0.4, 0.5) is 13.2 Å². The number of amides is 1. The number of nitrogens with zero attached hydrogens (tertiary/aromatic N) is 1. The fourth-order valence-corrected chi connectivity index (χ4v) is 3.83. The molecule has 0 spiro atoms. The van der Waals surface area contributed by atoms with Crippen LogP contribution in [0.15, 0.2) is 45.6 Å². The molecule has 4 rings (SSSR count). The third kappa shape index (κ3) is 5.03. The third-order valence-corrected chi connectivity index (χ3v) is 5.71. The zero-order chi connectivity index (χ0) is 24.5. The second-order valence-electron chi connectivity index (χ2n) is 8.35. The van der Waals surface area contributed by atoms with Gasteiger partial charge in [0.25, 0.3) is 11.7 Å². The summed E-state index contributed by atoms with van der Waals surface area (Å²) in [6.07, 6.45) is -2.04. The summed E-state index contributed by atoms with van der Waals surface area (Å²) >= 11 is 0. The summed E-state index contributed by atoms with van der Waals surface area (Å²) in [5.41, 5.74) is 0.0690. The number of hydrogen-bond donors (Lipinski definition) is 0. The Labute approximate surface area is 193 Å². The van der Waals surface area contributed by atoms with Crippen molar-refractivity contribution < 1.29 is 31.9 Å². The Morgan fingerprint density at radius 1 is 1.06 bits per heavy atom. The van der Waals surface area contributed by atoms with Crippen molar-refractivity contribution in [2.24, 2.45) is 0 Å². The van der Waals surface area contributed by atoms with E-state index in [0.717, 1.165) is 24.8 Å². The second-order valence-corrected chi connectivity index (χ2v) is 8.35. The lowest BCUT2D eigenvalue weighted by Gasteiger charge is -2.26. The number of rotatable bonds is 5. The molecule has 6 nitrogen and oxygen atoms in total. The smallest absolute Gasteiger partial charge is 0.453 e. The Morgan fingerprint density at radius 3 is 2.50 bits per heavy atom. The highest BCUT2D eigenvalue weighted by atomic mass is 19.4. The van der Waals surface area contributed by atoms with Crippen LogP contribution >= 0.6 is 0 Å². The van der Waals surface area contributed by atoms with Crippen LogP contribution in [-0.4, -0.2) is 30.5 Å². The summed E-state index contributed by atoms with van der Waals surface area (Å²) in [6, 6.07) is 8.92. The number of piperidine rings is 1. The van der Waals surface area contributed by atoms with Gasteiger partial charge >= 0.3 is 6.18 Å². The normalized spacial score (nSPS) is 14.3. The van der Waals surface area contributed by atoms with Gasteiger partial charge in [0.2, 0.25) is 11.2 Å². The van der Waals surface area contributed by atoms with Gasteiger partial charge in [-0.1, -0.05) is 12.1 Å². The number of fused-ring (bicyclic) bond motifs is 1. The number of carbonyl (C=O) groups excluding carboxylic acids is 1. The number of ether oxygens (including phenoxy) is 2. The van der Waals surface area contributed by atoms with Gasteiger partial charge in [-0.15, -0.1) is 0 Å². The van der Waals surface area contributed by atoms with E-state index in [1.54, 1.807) is 36.9 Å². The second kappa shape index (κ2) is 9.40. The largest absolute Gasteiger partial charge is 0.484 e. The van der Waals surface area contributed by atoms with Gasteiger partial charge in [0.05, 0.1) is 5.39 Å². The molecule has 2 aromatic carbocycles. The van der Waals surface area contributed by atoms with Crippen molar-refractivity contribution in [2.45, 2.75) is 39.3 Å². The van der Waals surface area contributed by atoms with E-state index in [1.165, 1.54) is 18.2 Å². The zero-order valence-electron chi connectivity index (χ0n) is 18.8. The third-order valence-electron chi connectivity index (χ3n) is 5.71. The molecule has 1 amide bonds. The van der Waals surface area contributed by atoms with E-state index in [2.05, 4.69) is 0 Å². The summed E-state index contributed by atoms with van der Waals surface area (Å²) in [7, 11) is 0. The van der Waals surface area contributed by atoms with Gasteiger partial charge in [-0.25, -0.2) is 0 Å². The van der Waals surface area contributed by atoms with E-state index >= 15 is 0 Å². The van der Waals surface area contributed by atoms with Crippen molar-refractivity contribution in [3.63, 3.8) is 0 Å². The van der Waals surface area contributed by atoms with Crippen molar-refractivity contribution in [3.8, 4) is 17.2 Å². The highest BCUT2D eigenvalue weighted by Gasteiger charge is 2.40. The van der Waals surface area contributed by atoms with Gasteiger partial charge in [0.1, 0.15) is 17.1 Å². The molecule has 1 fully saturated rings. The van der Waals surface area contributed by atoms with Crippen molar-refractivity contribution in [3.05, 3.63) is 63.5 Å². The van der Waals surface area contributed by atoms with Crippen LogP contribution in [0.2, 0.25) is 0 Å². The maximum atomic E-state index is 13.8. The number of likely N-dealkylation sites (tertiary alicyclic amines) is 1. The molecule has 0 aliphatic carbocycles. The minimum atomic E-state index is -4.97. The molecule has 0 bridgehead atoms. The number of alkyl halides is 3. The standard InChI is InChI=1S/C25H24F3NO5/c1-15-6-7-16(2)19(12-15)33-23-22(31)18-9-8-17(13-20(18)34-24(23)25(26,27)28)32-14-21(30)29-10-4-3-5-11-29/h6-9,12-13H,3-5,10-11,14H2,1-2H3. The Balaban J connectivity index is 1.67. The van der Waals surface area contributed by atoms with Crippen LogP contribution in [0.5, 0.6) is 17.2 Å². The first-order chi connectivity index (χ1) is 16.1. The van der Waals surface area contributed by atoms with Gasteiger partial charge in [0.15, 0.2) is 6.61 Å².